The molecule has 0 amide bonds. The number of hydrogen-bond acceptors (Lipinski definition) is 5. The molecule has 0 radical (unpaired) electrons. The first-order chi connectivity index (χ1) is 13.4. The largest absolute Gasteiger partial charge is 0.332 e. The summed E-state index contributed by atoms with van der Waals surface area (Å²) >= 11 is 19.0. The summed E-state index contributed by atoms with van der Waals surface area (Å²) in [5, 5.41) is 12.6. The van der Waals surface area contributed by atoms with Gasteiger partial charge in [0.1, 0.15) is 0 Å². The Morgan fingerprint density at radius 3 is 2.61 bits per heavy atom. The molecule has 0 aliphatic rings. The lowest BCUT2D eigenvalue weighted by atomic mass is 10.3. The molecule has 3 rings (SSSR count). The van der Waals surface area contributed by atoms with Crippen LogP contribution in [0, 0.1) is 6.92 Å². The van der Waals surface area contributed by atoms with Gasteiger partial charge in [-0.1, -0.05) is 58.8 Å². The lowest BCUT2D eigenvalue weighted by molar-refractivity contribution is 1.04. The third kappa shape index (κ3) is 5.20. The fraction of sp³-hybridized carbons (Fsp3) is 0.105. The summed E-state index contributed by atoms with van der Waals surface area (Å²) in [5.74, 6) is 0. The quantitative estimate of drug-likeness (QED) is 0.245. The smallest absolute Gasteiger partial charge is 0.191 e. The van der Waals surface area contributed by atoms with Crippen molar-refractivity contribution in [2.45, 2.75) is 13.8 Å². The molecule has 0 aliphatic carbocycles. The van der Waals surface area contributed by atoms with Gasteiger partial charge in [-0.05, 0) is 50.3 Å². The van der Waals surface area contributed by atoms with Gasteiger partial charge in [-0.15, -0.1) is 0 Å². The standard InChI is InChI=1S/C19H17Cl2N5S2/c1-11-17(28-19(22-11)23-13-7-4-3-5-8-13)12(2)25-26-18(27)24-15-10-6-9-14(20)16(15)21/h3-10H,1-2H3,(H,22,23)(H2,24,26,27)/b25-12+. The van der Waals surface area contributed by atoms with Crippen molar-refractivity contribution in [3.05, 3.63) is 69.1 Å². The molecule has 2 aromatic carbocycles. The van der Waals surface area contributed by atoms with Crippen LogP contribution >= 0.6 is 46.8 Å². The third-order valence-corrected chi connectivity index (χ3v) is 5.87. The van der Waals surface area contributed by atoms with Crippen LogP contribution in [-0.2, 0) is 0 Å². The van der Waals surface area contributed by atoms with Crippen LogP contribution in [0.25, 0.3) is 0 Å². The maximum Gasteiger partial charge on any atom is 0.191 e. The zero-order chi connectivity index (χ0) is 20.1. The Kier molecular flexibility index (Phi) is 6.85. The van der Waals surface area contributed by atoms with E-state index in [1.165, 1.54) is 11.3 Å². The minimum Gasteiger partial charge on any atom is -0.332 e. The van der Waals surface area contributed by atoms with E-state index < -0.39 is 0 Å². The SMILES string of the molecule is C/C(=N\NC(=S)Nc1cccc(Cl)c1Cl)c1sc(Nc2ccccc2)nc1C. The average molecular weight is 450 g/mol. The number of anilines is 3. The molecule has 0 spiro atoms. The summed E-state index contributed by atoms with van der Waals surface area (Å²) in [6, 6.07) is 15.2. The second-order valence-electron chi connectivity index (χ2n) is 5.79. The van der Waals surface area contributed by atoms with Crippen LogP contribution in [-0.4, -0.2) is 15.8 Å². The van der Waals surface area contributed by atoms with Crippen LogP contribution in [0.15, 0.2) is 53.6 Å². The second-order valence-corrected chi connectivity index (χ2v) is 7.98. The molecule has 1 aromatic heterocycles. The fourth-order valence-electron chi connectivity index (χ4n) is 2.37. The predicted molar refractivity (Wildman–Crippen MR) is 125 cm³/mol. The highest BCUT2D eigenvalue weighted by atomic mass is 35.5. The molecule has 0 aliphatic heterocycles. The minimum atomic E-state index is 0.313. The number of benzene rings is 2. The van der Waals surface area contributed by atoms with Gasteiger partial charge < -0.3 is 10.6 Å². The van der Waals surface area contributed by atoms with E-state index in [0.717, 1.165) is 27.1 Å². The number of aromatic nitrogens is 1. The molecular formula is C19H17Cl2N5S2. The summed E-state index contributed by atoms with van der Waals surface area (Å²) < 4.78 is 0. The van der Waals surface area contributed by atoms with Gasteiger partial charge in [-0.3, -0.25) is 5.43 Å². The molecule has 0 unspecified atom stereocenters. The molecule has 0 fully saturated rings. The van der Waals surface area contributed by atoms with Crippen molar-refractivity contribution < 1.29 is 0 Å². The van der Waals surface area contributed by atoms with Crippen LogP contribution in [0.1, 0.15) is 17.5 Å². The molecule has 0 bridgehead atoms. The lowest BCUT2D eigenvalue weighted by Gasteiger charge is -2.10. The van der Waals surface area contributed by atoms with Crippen molar-refractivity contribution in [1.82, 2.24) is 10.4 Å². The van der Waals surface area contributed by atoms with Crippen molar-refractivity contribution in [3.63, 3.8) is 0 Å². The predicted octanol–water partition coefficient (Wildman–Crippen LogP) is 6.21. The number of halogens is 2. The Bertz CT molecular complexity index is 1020. The number of para-hydroxylation sites is 1. The zero-order valence-electron chi connectivity index (χ0n) is 15.1. The Morgan fingerprint density at radius 2 is 1.86 bits per heavy atom. The molecule has 0 saturated carbocycles. The number of hydrogen-bond donors (Lipinski definition) is 3. The van der Waals surface area contributed by atoms with Crippen LogP contribution in [0.5, 0.6) is 0 Å². The van der Waals surface area contributed by atoms with Gasteiger partial charge in [0.15, 0.2) is 10.2 Å². The second kappa shape index (κ2) is 9.34. The Hall–Kier alpha value is -2.19. The highest BCUT2D eigenvalue weighted by Crippen LogP contribution is 2.29. The maximum atomic E-state index is 6.15. The first-order valence-electron chi connectivity index (χ1n) is 8.29. The molecule has 5 nitrogen and oxygen atoms in total. The number of rotatable bonds is 5. The van der Waals surface area contributed by atoms with E-state index in [-0.39, 0.29) is 0 Å². The van der Waals surface area contributed by atoms with Crippen LogP contribution < -0.4 is 16.1 Å². The Balaban J connectivity index is 1.66. The fourth-order valence-corrected chi connectivity index (χ4v) is 3.80. The highest BCUT2D eigenvalue weighted by molar-refractivity contribution is 7.80. The van der Waals surface area contributed by atoms with Gasteiger partial charge in [0.25, 0.3) is 0 Å². The van der Waals surface area contributed by atoms with Crippen LogP contribution in [0.3, 0.4) is 0 Å². The zero-order valence-corrected chi connectivity index (χ0v) is 18.2. The van der Waals surface area contributed by atoms with Gasteiger partial charge in [0.05, 0.1) is 32.0 Å². The molecule has 0 atom stereocenters. The number of hydrazone groups is 1. The van der Waals surface area contributed by atoms with E-state index in [1.54, 1.807) is 18.2 Å². The van der Waals surface area contributed by atoms with Crippen molar-refractivity contribution in [1.29, 1.82) is 0 Å². The van der Waals surface area contributed by atoms with Gasteiger partial charge in [0.2, 0.25) is 0 Å². The summed E-state index contributed by atoms with van der Waals surface area (Å²) in [7, 11) is 0. The first kappa shape index (κ1) is 20.5. The topological polar surface area (TPSA) is 61.3 Å². The van der Waals surface area contributed by atoms with Crippen molar-refractivity contribution in [2.24, 2.45) is 5.10 Å². The van der Waals surface area contributed by atoms with E-state index in [4.69, 9.17) is 35.4 Å². The van der Waals surface area contributed by atoms with Gasteiger partial charge >= 0.3 is 0 Å². The van der Waals surface area contributed by atoms with E-state index in [1.807, 2.05) is 44.2 Å². The number of thiocarbonyl (C=S) groups is 1. The van der Waals surface area contributed by atoms with Crippen LogP contribution in [0.4, 0.5) is 16.5 Å². The van der Waals surface area contributed by atoms with E-state index in [9.17, 15) is 0 Å². The average Bonchev–Trinajstić information content (AvgIpc) is 3.04. The van der Waals surface area contributed by atoms with Gasteiger partial charge in [-0.2, -0.15) is 5.10 Å². The van der Waals surface area contributed by atoms with E-state index in [2.05, 4.69) is 26.1 Å². The molecule has 1 heterocycles. The summed E-state index contributed by atoms with van der Waals surface area (Å²) in [5.41, 5.74) is 6.09. The lowest BCUT2D eigenvalue weighted by Crippen LogP contribution is -2.25. The maximum absolute atomic E-state index is 6.15. The monoisotopic (exact) mass is 449 g/mol. The van der Waals surface area contributed by atoms with E-state index in [0.29, 0.717) is 20.8 Å². The first-order valence-corrected chi connectivity index (χ1v) is 10.3. The number of nitrogens with one attached hydrogen (secondary N) is 3. The van der Waals surface area contributed by atoms with Crippen molar-refractivity contribution in [3.8, 4) is 0 Å². The molecule has 28 heavy (non-hydrogen) atoms. The molecule has 3 N–H and O–H groups in total. The Labute approximate surface area is 182 Å². The molecule has 9 heteroatoms. The van der Waals surface area contributed by atoms with Gasteiger partial charge in [-0.25, -0.2) is 4.98 Å². The normalized spacial score (nSPS) is 11.2. The Morgan fingerprint density at radius 1 is 1.11 bits per heavy atom. The highest BCUT2D eigenvalue weighted by Gasteiger charge is 2.11. The third-order valence-electron chi connectivity index (χ3n) is 3.68. The number of nitrogens with zero attached hydrogens (tertiary/aromatic N) is 2. The van der Waals surface area contributed by atoms with E-state index >= 15 is 0 Å². The summed E-state index contributed by atoms with van der Waals surface area (Å²) in [6.07, 6.45) is 0. The van der Waals surface area contributed by atoms with Crippen molar-refractivity contribution in [2.75, 3.05) is 10.6 Å². The number of aryl methyl sites for hydroxylation is 1. The molecule has 144 valence electrons. The summed E-state index contributed by atoms with van der Waals surface area (Å²) in [6.45, 7) is 3.85. The van der Waals surface area contributed by atoms with Gasteiger partial charge in [0, 0.05) is 5.69 Å². The molecular weight excluding hydrogens is 433 g/mol. The minimum absolute atomic E-state index is 0.313. The summed E-state index contributed by atoms with van der Waals surface area (Å²) in [4.78, 5) is 5.53. The molecule has 3 aromatic rings. The number of thiazole rings is 1. The van der Waals surface area contributed by atoms with Crippen molar-refractivity contribution >= 4 is 74.1 Å². The van der Waals surface area contributed by atoms with Crippen LogP contribution in [0.2, 0.25) is 10.0 Å². The molecule has 0 saturated heterocycles.